The molecule has 1 aliphatic heterocycles. The Morgan fingerprint density at radius 2 is 1.86 bits per heavy atom. The van der Waals surface area contributed by atoms with Crippen molar-refractivity contribution in [3.8, 4) is 0 Å². The van der Waals surface area contributed by atoms with Crippen molar-refractivity contribution in [3.63, 3.8) is 0 Å². The van der Waals surface area contributed by atoms with Crippen LogP contribution in [-0.2, 0) is 20.9 Å². The molecule has 6 nitrogen and oxygen atoms in total. The third kappa shape index (κ3) is 3.72. The van der Waals surface area contributed by atoms with Crippen molar-refractivity contribution in [2.24, 2.45) is 0 Å². The van der Waals surface area contributed by atoms with Gasteiger partial charge in [0.05, 0.1) is 7.11 Å². The molecule has 1 aromatic carbocycles. The summed E-state index contributed by atoms with van der Waals surface area (Å²) in [7, 11) is 1.24. The van der Waals surface area contributed by atoms with Crippen molar-refractivity contribution in [3.05, 3.63) is 35.9 Å². The third-order valence-electron chi connectivity index (χ3n) is 3.62. The van der Waals surface area contributed by atoms with E-state index >= 15 is 0 Å². The molecule has 1 fully saturated rings. The van der Waals surface area contributed by atoms with Crippen molar-refractivity contribution in [2.75, 3.05) is 20.2 Å². The Balaban J connectivity index is 1.82. The zero-order valence-corrected chi connectivity index (χ0v) is 11.9. The minimum Gasteiger partial charge on any atom is -0.467 e. The van der Waals surface area contributed by atoms with Gasteiger partial charge >= 0.3 is 12.1 Å². The maximum Gasteiger partial charge on any atom is 0.410 e. The number of hydrogen-bond donors (Lipinski definition) is 1. The summed E-state index contributed by atoms with van der Waals surface area (Å²) in [5.41, 5.74) is -0.584. The summed E-state index contributed by atoms with van der Waals surface area (Å²) in [5.74, 6) is -0.653. The van der Waals surface area contributed by atoms with Crippen LogP contribution in [0.15, 0.2) is 30.3 Å². The molecule has 1 aromatic rings. The Hall–Kier alpha value is -2.08. The van der Waals surface area contributed by atoms with Crippen LogP contribution in [-0.4, -0.2) is 47.9 Å². The highest BCUT2D eigenvalue weighted by Crippen LogP contribution is 2.24. The second kappa shape index (κ2) is 6.58. The molecule has 0 atom stereocenters. The quantitative estimate of drug-likeness (QED) is 0.851. The number of hydrogen-bond acceptors (Lipinski definition) is 5. The van der Waals surface area contributed by atoms with Crippen LogP contribution in [0, 0.1) is 0 Å². The van der Waals surface area contributed by atoms with Gasteiger partial charge in [0.25, 0.3) is 0 Å². The lowest BCUT2D eigenvalue weighted by Crippen LogP contribution is -2.51. The van der Waals surface area contributed by atoms with E-state index in [1.54, 1.807) is 0 Å². The number of carbonyl (C=O) groups is 2. The molecule has 2 rings (SSSR count). The van der Waals surface area contributed by atoms with Crippen LogP contribution in [0.25, 0.3) is 0 Å². The molecule has 0 unspecified atom stereocenters. The number of amides is 1. The number of carbonyl (C=O) groups excluding carboxylic acids is 2. The van der Waals surface area contributed by atoms with Crippen LogP contribution >= 0.6 is 0 Å². The summed E-state index contributed by atoms with van der Waals surface area (Å²) >= 11 is 0. The molecule has 0 bridgehead atoms. The van der Waals surface area contributed by atoms with E-state index in [-0.39, 0.29) is 32.5 Å². The Labute approximate surface area is 123 Å². The van der Waals surface area contributed by atoms with Gasteiger partial charge in [0.1, 0.15) is 6.61 Å². The second-order valence-corrected chi connectivity index (χ2v) is 5.05. The van der Waals surface area contributed by atoms with E-state index in [1.807, 2.05) is 30.3 Å². The van der Waals surface area contributed by atoms with Gasteiger partial charge in [0.15, 0.2) is 5.60 Å². The Morgan fingerprint density at radius 3 is 2.43 bits per heavy atom. The fourth-order valence-corrected chi connectivity index (χ4v) is 2.26. The average molecular weight is 293 g/mol. The molecule has 1 saturated heterocycles. The van der Waals surface area contributed by atoms with Gasteiger partial charge < -0.3 is 19.5 Å². The van der Waals surface area contributed by atoms with Gasteiger partial charge in [0.2, 0.25) is 0 Å². The van der Waals surface area contributed by atoms with E-state index in [4.69, 9.17) is 4.74 Å². The molecule has 0 saturated carbocycles. The van der Waals surface area contributed by atoms with Gasteiger partial charge in [-0.2, -0.15) is 0 Å². The fraction of sp³-hybridized carbons (Fsp3) is 0.467. The van der Waals surface area contributed by atoms with E-state index in [0.29, 0.717) is 0 Å². The smallest absolute Gasteiger partial charge is 0.410 e. The van der Waals surface area contributed by atoms with Crippen molar-refractivity contribution in [2.45, 2.75) is 25.0 Å². The summed E-state index contributed by atoms with van der Waals surface area (Å²) in [4.78, 5) is 24.9. The first-order chi connectivity index (χ1) is 10.0. The molecule has 0 spiro atoms. The first-order valence-corrected chi connectivity index (χ1v) is 6.81. The Bertz CT molecular complexity index is 494. The molecule has 114 valence electrons. The minimum absolute atomic E-state index is 0.153. The van der Waals surface area contributed by atoms with E-state index in [9.17, 15) is 14.7 Å². The monoisotopic (exact) mass is 293 g/mol. The molecular formula is C15H19NO5. The van der Waals surface area contributed by atoms with Crippen LogP contribution in [0.5, 0.6) is 0 Å². The number of nitrogens with zero attached hydrogens (tertiary/aromatic N) is 1. The topological polar surface area (TPSA) is 76.1 Å². The van der Waals surface area contributed by atoms with Crippen LogP contribution in [0.2, 0.25) is 0 Å². The van der Waals surface area contributed by atoms with Gasteiger partial charge in [-0.15, -0.1) is 0 Å². The number of piperidine rings is 1. The van der Waals surface area contributed by atoms with Crippen molar-refractivity contribution < 1.29 is 24.2 Å². The van der Waals surface area contributed by atoms with E-state index in [0.717, 1.165) is 5.56 Å². The second-order valence-electron chi connectivity index (χ2n) is 5.05. The summed E-state index contributed by atoms with van der Waals surface area (Å²) in [5, 5.41) is 10.1. The number of benzene rings is 1. The maximum absolute atomic E-state index is 11.9. The summed E-state index contributed by atoms with van der Waals surface area (Å²) in [6.45, 7) is 0.732. The van der Waals surface area contributed by atoms with Gasteiger partial charge in [-0.3, -0.25) is 0 Å². The molecule has 1 aliphatic rings. The molecule has 0 radical (unpaired) electrons. The normalized spacial score (nSPS) is 17.1. The average Bonchev–Trinajstić information content (AvgIpc) is 2.53. The molecular weight excluding hydrogens is 274 g/mol. The number of ether oxygens (including phenoxy) is 2. The molecule has 1 heterocycles. The van der Waals surface area contributed by atoms with Gasteiger partial charge in [-0.05, 0) is 5.56 Å². The largest absolute Gasteiger partial charge is 0.467 e. The SMILES string of the molecule is COC(=O)C1(O)CCN(C(=O)OCc2ccccc2)CC1. The summed E-state index contributed by atoms with van der Waals surface area (Å²) in [6.07, 6.45) is -0.133. The lowest BCUT2D eigenvalue weighted by atomic mass is 9.92. The lowest BCUT2D eigenvalue weighted by molar-refractivity contribution is -0.166. The molecule has 21 heavy (non-hydrogen) atoms. The molecule has 1 amide bonds. The van der Waals surface area contributed by atoms with Gasteiger partial charge in [-0.1, -0.05) is 30.3 Å². The fourth-order valence-electron chi connectivity index (χ4n) is 2.26. The minimum atomic E-state index is -1.50. The Kier molecular flexibility index (Phi) is 4.80. The third-order valence-corrected chi connectivity index (χ3v) is 3.62. The maximum atomic E-state index is 11.9. The first-order valence-electron chi connectivity index (χ1n) is 6.81. The zero-order chi connectivity index (χ0) is 15.3. The number of esters is 1. The highest BCUT2D eigenvalue weighted by Gasteiger charge is 2.41. The number of rotatable bonds is 3. The standard InChI is InChI=1S/C15H19NO5/c1-20-13(17)15(19)7-9-16(10-8-15)14(18)21-11-12-5-3-2-4-6-12/h2-6,19H,7-11H2,1H3. The molecule has 1 N–H and O–H groups in total. The summed E-state index contributed by atoms with van der Waals surface area (Å²) < 4.78 is 9.78. The molecule has 6 heteroatoms. The lowest BCUT2D eigenvalue weighted by Gasteiger charge is -2.35. The zero-order valence-electron chi connectivity index (χ0n) is 11.9. The van der Waals surface area contributed by atoms with Crippen molar-refractivity contribution in [1.29, 1.82) is 0 Å². The van der Waals surface area contributed by atoms with E-state index < -0.39 is 17.7 Å². The van der Waals surface area contributed by atoms with Gasteiger partial charge in [0, 0.05) is 25.9 Å². The highest BCUT2D eigenvalue weighted by atomic mass is 16.6. The van der Waals surface area contributed by atoms with Crippen molar-refractivity contribution in [1.82, 2.24) is 4.90 Å². The number of likely N-dealkylation sites (tertiary alicyclic amines) is 1. The highest BCUT2D eigenvalue weighted by molar-refractivity contribution is 5.79. The van der Waals surface area contributed by atoms with E-state index in [2.05, 4.69) is 4.74 Å². The van der Waals surface area contributed by atoms with Crippen LogP contribution in [0.3, 0.4) is 0 Å². The Morgan fingerprint density at radius 1 is 1.24 bits per heavy atom. The molecule has 0 aliphatic carbocycles. The summed E-state index contributed by atoms with van der Waals surface area (Å²) in [6, 6.07) is 9.39. The van der Waals surface area contributed by atoms with Gasteiger partial charge in [-0.25, -0.2) is 9.59 Å². The predicted molar refractivity (Wildman–Crippen MR) is 74.4 cm³/mol. The van der Waals surface area contributed by atoms with E-state index in [1.165, 1.54) is 12.0 Å². The van der Waals surface area contributed by atoms with Crippen LogP contribution in [0.1, 0.15) is 18.4 Å². The number of aliphatic hydroxyl groups is 1. The predicted octanol–water partition coefficient (Wildman–Crippen LogP) is 1.32. The number of methoxy groups -OCH3 is 1. The first kappa shape index (κ1) is 15.3. The van der Waals surface area contributed by atoms with Crippen molar-refractivity contribution >= 4 is 12.1 Å². The molecule has 0 aromatic heterocycles. The van der Waals surface area contributed by atoms with Crippen LogP contribution < -0.4 is 0 Å². The van der Waals surface area contributed by atoms with Crippen LogP contribution in [0.4, 0.5) is 4.79 Å².